The van der Waals surface area contributed by atoms with Gasteiger partial charge in [-0.1, -0.05) is 17.5 Å². The van der Waals surface area contributed by atoms with Crippen molar-refractivity contribution in [3.05, 3.63) is 23.5 Å². The van der Waals surface area contributed by atoms with E-state index in [0.717, 1.165) is 0 Å². The zero-order chi connectivity index (χ0) is 9.10. The first kappa shape index (κ1) is 8.67. The normalized spacial score (nSPS) is 17.3. The quantitative estimate of drug-likeness (QED) is 0.550. The van der Waals surface area contributed by atoms with Crippen LogP contribution < -0.4 is 4.68 Å². The molecule has 0 saturated heterocycles. The average Bonchev–Trinajstić information content (AvgIpc) is 2.08. The first-order valence-corrected chi connectivity index (χ1v) is 5.20. The van der Waals surface area contributed by atoms with Gasteiger partial charge in [0.05, 0.1) is 6.20 Å². The molecule has 1 aliphatic carbocycles. The lowest BCUT2D eigenvalue weighted by molar-refractivity contribution is -0.731. The molecule has 0 fully saturated rings. The molecule has 1 heterocycles. The van der Waals surface area contributed by atoms with Gasteiger partial charge in [-0.2, -0.15) is 0 Å². The molecule has 0 saturated carbocycles. The van der Waals surface area contributed by atoms with Crippen LogP contribution in [0.1, 0.15) is 36.8 Å². The molecule has 0 atom stereocenters. The van der Waals surface area contributed by atoms with E-state index in [4.69, 9.17) is 0 Å². The van der Waals surface area contributed by atoms with E-state index in [1.54, 1.807) is 0 Å². The zero-order valence-corrected chi connectivity index (χ0v) is 8.29. The summed E-state index contributed by atoms with van der Waals surface area (Å²) < 4.78 is 1.92. The summed E-state index contributed by atoms with van der Waals surface area (Å²) in [6.45, 7) is 0. The predicted molar refractivity (Wildman–Crippen MR) is 51.3 cm³/mol. The molecule has 0 bridgehead atoms. The lowest BCUT2D eigenvalue weighted by Gasteiger charge is -2.10. The molecule has 2 nitrogen and oxygen atoms in total. The second kappa shape index (κ2) is 3.86. The first-order chi connectivity index (χ1) is 6.36. The van der Waals surface area contributed by atoms with Crippen molar-refractivity contribution in [3.63, 3.8) is 0 Å². The molecule has 0 amide bonds. The summed E-state index contributed by atoms with van der Waals surface area (Å²) in [5.41, 5.74) is 2.98. The molecule has 0 N–H and O–H groups in total. The monoisotopic (exact) mass is 177 g/mol. The molecule has 1 aliphatic rings. The highest BCUT2D eigenvalue weighted by Gasteiger charge is 2.10. The van der Waals surface area contributed by atoms with Crippen LogP contribution in [0.5, 0.6) is 0 Å². The topological polar surface area (TPSA) is 16.8 Å². The lowest BCUT2D eigenvalue weighted by Crippen LogP contribution is -2.33. The number of hydrogen-bond acceptors (Lipinski definition) is 1. The number of aryl methyl sites for hydroxylation is 3. The van der Waals surface area contributed by atoms with Gasteiger partial charge in [-0.25, -0.2) is 0 Å². The maximum Gasteiger partial charge on any atom is 0.199 e. The van der Waals surface area contributed by atoms with Gasteiger partial charge >= 0.3 is 0 Å². The van der Waals surface area contributed by atoms with E-state index >= 15 is 0 Å². The zero-order valence-electron chi connectivity index (χ0n) is 8.29. The molecule has 1 aromatic heterocycles. The Morgan fingerprint density at radius 1 is 1.08 bits per heavy atom. The van der Waals surface area contributed by atoms with Gasteiger partial charge in [0.15, 0.2) is 13.2 Å². The second-order valence-electron chi connectivity index (χ2n) is 3.91. The Morgan fingerprint density at radius 3 is 2.54 bits per heavy atom. The van der Waals surface area contributed by atoms with E-state index in [-0.39, 0.29) is 0 Å². The summed E-state index contributed by atoms with van der Waals surface area (Å²) in [6, 6.07) is 0. The number of rotatable bonds is 0. The number of nitrogens with zero attached hydrogens (tertiary/aromatic N) is 2. The van der Waals surface area contributed by atoms with E-state index in [1.165, 1.54) is 49.7 Å². The predicted octanol–water partition coefficient (Wildman–Crippen LogP) is 1.57. The molecule has 13 heavy (non-hydrogen) atoms. The fraction of sp³-hybridized carbons (Fsp3) is 0.636. The van der Waals surface area contributed by atoms with Crippen LogP contribution in [0.15, 0.2) is 12.4 Å². The summed E-state index contributed by atoms with van der Waals surface area (Å²) in [5.74, 6) is 0. The minimum absolute atomic E-state index is 1.23. The molecule has 0 aliphatic heterocycles. The SMILES string of the molecule is C[n+]1cc2c(cn1)CCCCCC2. The van der Waals surface area contributed by atoms with Gasteiger partial charge < -0.3 is 0 Å². The molecule has 0 aromatic carbocycles. The molecule has 2 rings (SSSR count). The Balaban J connectivity index is 2.28. The summed E-state index contributed by atoms with van der Waals surface area (Å²) in [4.78, 5) is 0. The Kier molecular flexibility index (Phi) is 2.57. The third kappa shape index (κ3) is 2.06. The third-order valence-electron chi connectivity index (χ3n) is 2.79. The van der Waals surface area contributed by atoms with E-state index in [2.05, 4.69) is 11.3 Å². The van der Waals surface area contributed by atoms with Crippen LogP contribution in [-0.4, -0.2) is 5.10 Å². The summed E-state index contributed by atoms with van der Waals surface area (Å²) in [5, 5.41) is 4.28. The Hall–Kier alpha value is -0.920. The summed E-state index contributed by atoms with van der Waals surface area (Å²) >= 11 is 0. The fourth-order valence-corrected chi connectivity index (χ4v) is 2.02. The van der Waals surface area contributed by atoms with Crippen molar-refractivity contribution in [1.82, 2.24) is 5.10 Å². The van der Waals surface area contributed by atoms with E-state index in [1.807, 2.05) is 17.9 Å². The van der Waals surface area contributed by atoms with Crippen LogP contribution in [0.2, 0.25) is 0 Å². The smallest absolute Gasteiger partial charge is 0.0937 e. The minimum Gasteiger partial charge on any atom is -0.0937 e. The Labute approximate surface area is 79.6 Å². The van der Waals surface area contributed by atoms with Crippen LogP contribution in [-0.2, 0) is 19.9 Å². The van der Waals surface area contributed by atoms with Gasteiger partial charge in [0.1, 0.15) is 0 Å². The van der Waals surface area contributed by atoms with Crippen LogP contribution in [0, 0.1) is 0 Å². The second-order valence-corrected chi connectivity index (χ2v) is 3.91. The molecule has 1 aromatic rings. The van der Waals surface area contributed by atoms with Crippen LogP contribution in [0.25, 0.3) is 0 Å². The van der Waals surface area contributed by atoms with Crippen molar-refractivity contribution in [2.24, 2.45) is 7.05 Å². The van der Waals surface area contributed by atoms with Gasteiger partial charge in [0.2, 0.25) is 0 Å². The van der Waals surface area contributed by atoms with Gasteiger partial charge in [-0.3, -0.25) is 0 Å². The van der Waals surface area contributed by atoms with Crippen molar-refractivity contribution in [3.8, 4) is 0 Å². The maximum atomic E-state index is 4.28. The summed E-state index contributed by atoms with van der Waals surface area (Å²) in [6.07, 6.45) is 12.2. The molecule has 0 spiro atoms. The Morgan fingerprint density at radius 2 is 1.77 bits per heavy atom. The average molecular weight is 177 g/mol. The lowest BCUT2D eigenvalue weighted by atomic mass is 9.96. The highest BCUT2D eigenvalue weighted by molar-refractivity contribution is 5.19. The van der Waals surface area contributed by atoms with Crippen molar-refractivity contribution in [2.45, 2.75) is 38.5 Å². The number of hydrogen-bond donors (Lipinski definition) is 0. The van der Waals surface area contributed by atoms with E-state index in [9.17, 15) is 0 Å². The van der Waals surface area contributed by atoms with Gasteiger partial charge in [-0.05, 0) is 36.3 Å². The molecular weight excluding hydrogens is 160 g/mol. The maximum absolute atomic E-state index is 4.28. The van der Waals surface area contributed by atoms with Gasteiger partial charge in [0.25, 0.3) is 0 Å². The summed E-state index contributed by atoms with van der Waals surface area (Å²) in [7, 11) is 2.00. The molecule has 0 radical (unpaired) electrons. The minimum atomic E-state index is 1.23. The standard InChI is InChI=1S/C11H17N2/c1-13-9-11-7-5-3-2-4-6-10(11)8-12-13/h8-9H,2-7H2,1H3/q+1. The van der Waals surface area contributed by atoms with E-state index in [0.29, 0.717) is 0 Å². The van der Waals surface area contributed by atoms with Crippen molar-refractivity contribution < 1.29 is 4.68 Å². The van der Waals surface area contributed by atoms with Crippen LogP contribution >= 0.6 is 0 Å². The number of aromatic nitrogens is 2. The van der Waals surface area contributed by atoms with Crippen molar-refractivity contribution in [2.75, 3.05) is 0 Å². The molecule has 2 heteroatoms. The highest BCUT2D eigenvalue weighted by atomic mass is 15.2. The number of fused-ring (bicyclic) bond motifs is 1. The van der Waals surface area contributed by atoms with Crippen molar-refractivity contribution >= 4 is 0 Å². The molecule has 0 unspecified atom stereocenters. The first-order valence-electron chi connectivity index (χ1n) is 5.20. The molecular formula is C11H17N2+. The third-order valence-corrected chi connectivity index (χ3v) is 2.79. The van der Waals surface area contributed by atoms with Crippen molar-refractivity contribution in [1.29, 1.82) is 0 Å². The fourth-order valence-electron chi connectivity index (χ4n) is 2.02. The van der Waals surface area contributed by atoms with Crippen LogP contribution in [0.4, 0.5) is 0 Å². The van der Waals surface area contributed by atoms with Crippen LogP contribution in [0.3, 0.4) is 0 Å². The largest absolute Gasteiger partial charge is 0.199 e. The molecule has 70 valence electrons. The Bertz CT molecular complexity index is 294. The van der Waals surface area contributed by atoms with Gasteiger partial charge in [-0.15, -0.1) is 0 Å². The highest BCUT2D eigenvalue weighted by Crippen LogP contribution is 2.17. The van der Waals surface area contributed by atoms with Gasteiger partial charge in [0, 0.05) is 5.56 Å². The van der Waals surface area contributed by atoms with E-state index < -0.39 is 0 Å².